The molecule has 0 radical (unpaired) electrons. The molecule has 0 aromatic rings. The molecule has 0 saturated carbocycles. The highest BCUT2D eigenvalue weighted by molar-refractivity contribution is 5.73. The van der Waals surface area contributed by atoms with Gasteiger partial charge in [0.25, 0.3) is 0 Å². The number of hydrogen-bond donors (Lipinski definition) is 4. The van der Waals surface area contributed by atoms with Crippen LogP contribution in [-0.2, 0) is 9.59 Å². The van der Waals surface area contributed by atoms with Gasteiger partial charge in [-0.05, 0) is 11.8 Å². The summed E-state index contributed by atoms with van der Waals surface area (Å²) in [6.07, 6.45) is 8.49. The highest BCUT2D eigenvalue weighted by Gasteiger charge is 2.14. The summed E-state index contributed by atoms with van der Waals surface area (Å²) in [6, 6.07) is -1.43. The lowest BCUT2D eigenvalue weighted by molar-refractivity contribution is -0.140. The summed E-state index contributed by atoms with van der Waals surface area (Å²) >= 11 is 0. The number of aliphatic carboxylic acids is 2. The smallest absolute Gasteiger partial charge is 0.320 e. The number of nitrogens with two attached hydrogens (primary N) is 2. The average molecular weight is 349 g/mol. The number of carboxylic acids is 2. The highest BCUT2D eigenvalue weighted by atomic mass is 16.4. The summed E-state index contributed by atoms with van der Waals surface area (Å²) in [5.41, 5.74) is 10.3. The van der Waals surface area contributed by atoms with Crippen molar-refractivity contribution in [1.82, 2.24) is 0 Å². The monoisotopic (exact) mass is 348 g/mol. The van der Waals surface area contributed by atoms with E-state index in [9.17, 15) is 9.59 Å². The van der Waals surface area contributed by atoms with Gasteiger partial charge in [-0.15, -0.1) is 0 Å². The lowest BCUT2D eigenvalue weighted by Crippen LogP contribution is -2.34. The minimum absolute atomic E-state index is 0.0208. The van der Waals surface area contributed by atoms with E-state index in [0.29, 0.717) is 0 Å². The van der Waals surface area contributed by atoms with Gasteiger partial charge in [0.15, 0.2) is 0 Å². The van der Waals surface area contributed by atoms with E-state index in [-0.39, 0.29) is 11.8 Å². The molecule has 146 valence electrons. The van der Waals surface area contributed by atoms with E-state index in [4.69, 9.17) is 21.7 Å². The Bertz CT molecular complexity index is 277. The maximum absolute atomic E-state index is 10.0. The number of carboxylic acid groups (broad SMARTS) is 2. The van der Waals surface area contributed by atoms with Crippen LogP contribution in [0.2, 0.25) is 0 Å². The van der Waals surface area contributed by atoms with Gasteiger partial charge in [-0.25, -0.2) is 0 Å². The molecule has 2 atom stereocenters. The molecule has 0 aromatic heterocycles. The SMILES string of the molecule is CC(C)[C@H](N)C(=O)O.CC(C)[C@H](N)C(=O)O.CCCCCCCC. The van der Waals surface area contributed by atoms with Crippen LogP contribution in [0.5, 0.6) is 0 Å². The number of unbranched alkanes of at least 4 members (excludes halogenated alkanes) is 5. The topological polar surface area (TPSA) is 127 Å². The van der Waals surface area contributed by atoms with E-state index < -0.39 is 24.0 Å². The molecule has 0 aliphatic heterocycles. The van der Waals surface area contributed by atoms with Gasteiger partial charge in [-0.3, -0.25) is 9.59 Å². The van der Waals surface area contributed by atoms with Crippen molar-refractivity contribution in [2.24, 2.45) is 23.3 Å². The lowest BCUT2D eigenvalue weighted by atomic mass is 10.1. The molecule has 0 aliphatic carbocycles. The maximum atomic E-state index is 10.0. The van der Waals surface area contributed by atoms with E-state index in [1.807, 2.05) is 0 Å². The Hall–Kier alpha value is -1.14. The number of carbonyl (C=O) groups is 2. The van der Waals surface area contributed by atoms with Crippen molar-refractivity contribution >= 4 is 11.9 Å². The molecule has 0 fully saturated rings. The third-order valence-electron chi connectivity index (χ3n) is 3.46. The molecular formula is C18H40N2O4. The van der Waals surface area contributed by atoms with E-state index in [0.717, 1.165) is 0 Å². The second-order valence-corrected chi connectivity index (χ2v) is 6.63. The van der Waals surface area contributed by atoms with Crippen LogP contribution in [0.3, 0.4) is 0 Å². The first-order chi connectivity index (χ1) is 11.0. The summed E-state index contributed by atoms with van der Waals surface area (Å²) in [5, 5.41) is 16.5. The molecule has 6 nitrogen and oxygen atoms in total. The third-order valence-corrected chi connectivity index (χ3v) is 3.46. The zero-order valence-corrected chi connectivity index (χ0v) is 16.4. The van der Waals surface area contributed by atoms with Crippen molar-refractivity contribution in [3.63, 3.8) is 0 Å². The summed E-state index contributed by atoms with van der Waals surface area (Å²) in [5.74, 6) is -1.82. The van der Waals surface area contributed by atoms with E-state index >= 15 is 0 Å². The van der Waals surface area contributed by atoms with Gasteiger partial charge in [0.2, 0.25) is 0 Å². The molecule has 0 heterocycles. The van der Waals surface area contributed by atoms with E-state index in [1.165, 1.54) is 38.5 Å². The van der Waals surface area contributed by atoms with Crippen LogP contribution in [0.25, 0.3) is 0 Å². The van der Waals surface area contributed by atoms with Crippen molar-refractivity contribution in [3.8, 4) is 0 Å². The summed E-state index contributed by atoms with van der Waals surface area (Å²) < 4.78 is 0. The molecule has 6 heteroatoms. The molecule has 6 N–H and O–H groups in total. The van der Waals surface area contributed by atoms with Crippen molar-refractivity contribution in [2.75, 3.05) is 0 Å². The first-order valence-electron chi connectivity index (χ1n) is 8.99. The lowest BCUT2D eigenvalue weighted by Gasteiger charge is -2.07. The van der Waals surface area contributed by atoms with Crippen LogP contribution in [0.4, 0.5) is 0 Å². The summed E-state index contributed by atoms with van der Waals surface area (Å²) in [6.45, 7) is 11.6. The summed E-state index contributed by atoms with van der Waals surface area (Å²) in [7, 11) is 0. The second-order valence-electron chi connectivity index (χ2n) is 6.63. The predicted octanol–water partition coefficient (Wildman–Crippen LogP) is 3.48. The van der Waals surface area contributed by atoms with Crippen LogP contribution in [0.1, 0.15) is 80.1 Å². The highest BCUT2D eigenvalue weighted by Crippen LogP contribution is 2.03. The van der Waals surface area contributed by atoms with Gasteiger partial charge in [0, 0.05) is 0 Å². The number of hydrogen-bond acceptors (Lipinski definition) is 4. The fraction of sp³-hybridized carbons (Fsp3) is 0.889. The number of rotatable bonds is 9. The van der Waals surface area contributed by atoms with E-state index in [1.54, 1.807) is 27.7 Å². The maximum Gasteiger partial charge on any atom is 0.320 e. The molecule has 24 heavy (non-hydrogen) atoms. The normalized spacial score (nSPS) is 12.6. The molecule has 0 rings (SSSR count). The van der Waals surface area contributed by atoms with Crippen LogP contribution in [0, 0.1) is 11.8 Å². The molecule has 0 spiro atoms. The Labute approximate surface area is 148 Å². The fourth-order valence-electron chi connectivity index (χ4n) is 1.42. The van der Waals surface area contributed by atoms with Crippen LogP contribution in [-0.4, -0.2) is 34.2 Å². The van der Waals surface area contributed by atoms with Gasteiger partial charge >= 0.3 is 11.9 Å². The molecule has 0 amide bonds. The Morgan fingerprint density at radius 3 is 1.04 bits per heavy atom. The molecule has 0 saturated heterocycles. The third kappa shape index (κ3) is 20.9. The van der Waals surface area contributed by atoms with Crippen LogP contribution in [0.15, 0.2) is 0 Å². The molecule has 0 unspecified atom stereocenters. The summed E-state index contributed by atoms with van der Waals surface area (Å²) in [4.78, 5) is 20.0. The zero-order chi connectivity index (χ0) is 19.7. The average Bonchev–Trinajstić information content (AvgIpc) is 2.50. The van der Waals surface area contributed by atoms with Gasteiger partial charge in [-0.1, -0.05) is 80.1 Å². The first-order valence-corrected chi connectivity index (χ1v) is 8.99. The van der Waals surface area contributed by atoms with Gasteiger partial charge in [-0.2, -0.15) is 0 Å². The molecule has 0 aromatic carbocycles. The molecule has 0 bridgehead atoms. The molecule has 0 aliphatic rings. The standard InChI is InChI=1S/C8H18.2C5H11NO2/c1-3-5-7-8-6-4-2;2*1-3(2)4(6)5(7)8/h3-8H2,1-2H3;2*3-4H,6H2,1-2H3,(H,7,8)/t;2*4-/m.00/s1. The van der Waals surface area contributed by atoms with Gasteiger partial charge < -0.3 is 21.7 Å². The fourth-order valence-corrected chi connectivity index (χ4v) is 1.42. The molecular weight excluding hydrogens is 308 g/mol. The Balaban J connectivity index is -0.000000276. The van der Waals surface area contributed by atoms with Gasteiger partial charge in [0.1, 0.15) is 12.1 Å². The van der Waals surface area contributed by atoms with Crippen LogP contribution < -0.4 is 11.5 Å². The van der Waals surface area contributed by atoms with E-state index in [2.05, 4.69) is 13.8 Å². The quantitative estimate of drug-likeness (QED) is 0.472. The van der Waals surface area contributed by atoms with Crippen molar-refractivity contribution in [1.29, 1.82) is 0 Å². The Morgan fingerprint density at radius 1 is 0.708 bits per heavy atom. The Kier molecular flexibility index (Phi) is 21.0. The van der Waals surface area contributed by atoms with Gasteiger partial charge in [0.05, 0.1) is 0 Å². The van der Waals surface area contributed by atoms with Crippen molar-refractivity contribution in [3.05, 3.63) is 0 Å². The van der Waals surface area contributed by atoms with Crippen molar-refractivity contribution in [2.45, 2.75) is 92.2 Å². The Morgan fingerprint density at radius 2 is 0.958 bits per heavy atom. The minimum atomic E-state index is -0.931. The zero-order valence-electron chi connectivity index (χ0n) is 16.4. The van der Waals surface area contributed by atoms with Crippen LogP contribution >= 0.6 is 0 Å². The largest absolute Gasteiger partial charge is 0.480 e. The first kappa shape index (κ1) is 27.7. The van der Waals surface area contributed by atoms with Crippen molar-refractivity contribution < 1.29 is 19.8 Å². The predicted molar refractivity (Wildman–Crippen MR) is 99.9 cm³/mol. The minimum Gasteiger partial charge on any atom is -0.480 e. The second kappa shape index (κ2) is 18.2.